The summed E-state index contributed by atoms with van der Waals surface area (Å²) in [4.78, 5) is 51.9. The molecule has 2 aliphatic carbocycles. The van der Waals surface area contributed by atoms with Crippen molar-refractivity contribution in [1.29, 1.82) is 0 Å². The van der Waals surface area contributed by atoms with E-state index in [0.29, 0.717) is 34.9 Å². The lowest BCUT2D eigenvalue weighted by Crippen LogP contribution is -2.15. The number of hydrogen-bond donors (Lipinski definition) is 0. The van der Waals surface area contributed by atoms with Gasteiger partial charge in [0.2, 0.25) is 0 Å². The molecule has 0 unspecified atom stereocenters. The normalized spacial score (nSPS) is 12.1. The molecule has 0 saturated carbocycles. The molecule has 0 fully saturated rings. The molecule has 0 saturated heterocycles. The van der Waals surface area contributed by atoms with Crippen LogP contribution < -0.4 is 0 Å². The van der Waals surface area contributed by atoms with Gasteiger partial charge in [-0.15, -0.1) is 0 Å². The Morgan fingerprint density at radius 2 is 0.331 bits per heavy atom. The Morgan fingerprint density at radius 1 is 0.140 bits per heavy atom. The minimum Gasteiger partial charge on any atom is -0.241 e. The Kier molecular flexibility index (Phi) is 24.5. The van der Waals surface area contributed by atoms with Gasteiger partial charge < -0.3 is 0 Å². The fourth-order valence-corrected chi connectivity index (χ4v) is 18.4. The van der Waals surface area contributed by atoms with Crippen LogP contribution in [-0.2, 0) is 10.8 Å². The van der Waals surface area contributed by atoms with Gasteiger partial charge in [-0.1, -0.05) is 392 Å². The third-order valence-electron chi connectivity index (χ3n) is 25.5. The second-order valence-electron chi connectivity index (χ2n) is 35.5. The summed E-state index contributed by atoms with van der Waals surface area (Å²) in [5.41, 5.74) is 37.2. The predicted molar refractivity (Wildman–Crippen MR) is 557 cm³/mol. The third-order valence-corrected chi connectivity index (χ3v) is 25.5. The Morgan fingerprint density at radius 3 is 0.603 bits per heavy atom. The predicted octanol–water partition coefficient (Wildman–Crippen LogP) is 30.9. The fraction of sp³-hybridized carbons (Fsp3) is 0.0800. The minimum atomic E-state index is -0.0621. The third kappa shape index (κ3) is 18.8. The topological polar surface area (TPSA) is 142 Å². The molecule has 0 radical (unpaired) electrons. The molecule has 17 aromatic carbocycles. The van der Waals surface area contributed by atoms with E-state index in [2.05, 4.69) is 406 Å². The molecule has 11 heteroatoms. The smallest absolute Gasteiger partial charge is 0.163 e. The highest BCUT2D eigenvalue weighted by Crippen LogP contribution is 2.52. The number of nitrogens with zero attached hydrogens (tertiary/aromatic N) is 11. The van der Waals surface area contributed by atoms with Gasteiger partial charge in [0.15, 0.2) is 34.9 Å². The molecule has 4 aromatic heterocycles. The van der Waals surface area contributed by atoms with Crippen LogP contribution in [0.4, 0.5) is 0 Å². The molecule has 4 heterocycles. The largest absolute Gasteiger partial charge is 0.241 e. The van der Waals surface area contributed by atoms with Gasteiger partial charge in [0, 0.05) is 62.2 Å². The van der Waals surface area contributed by atoms with Crippen molar-refractivity contribution in [3.63, 3.8) is 0 Å². The van der Waals surface area contributed by atoms with Gasteiger partial charge in [0.05, 0.1) is 0 Å². The van der Waals surface area contributed by atoms with Gasteiger partial charge in [-0.2, -0.15) is 0 Å². The Hall–Kier alpha value is -17.2. The number of aromatic nitrogens is 11. The van der Waals surface area contributed by atoms with Crippen molar-refractivity contribution in [1.82, 2.24) is 54.8 Å². The van der Waals surface area contributed by atoms with E-state index in [9.17, 15) is 0 Å². The Balaban J connectivity index is 0.000000114. The molecule has 0 atom stereocenters. The first kappa shape index (κ1) is 86.9. The molecule has 2 aliphatic rings. The number of benzene rings is 17. The quantitative estimate of drug-likeness (QED) is 0.0968. The summed E-state index contributed by atoms with van der Waals surface area (Å²) < 4.78 is 0. The van der Waals surface area contributed by atoms with Crippen LogP contribution >= 0.6 is 0 Å². The molecule has 21 aromatic rings. The van der Waals surface area contributed by atoms with E-state index in [1.807, 2.05) is 113 Å². The van der Waals surface area contributed by atoms with Crippen LogP contribution in [0.25, 0.3) is 191 Å². The van der Waals surface area contributed by atoms with Gasteiger partial charge in [0.1, 0.15) is 23.3 Å². The first-order valence-corrected chi connectivity index (χ1v) is 46.1. The van der Waals surface area contributed by atoms with Crippen LogP contribution in [0.15, 0.2) is 443 Å². The summed E-state index contributed by atoms with van der Waals surface area (Å²) in [6.07, 6.45) is 3.78. The molecule has 652 valence electrons. The molecule has 11 nitrogen and oxygen atoms in total. The van der Waals surface area contributed by atoms with E-state index in [0.717, 1.165) is 112 Å². The van der Waals surface area contributed by atoms with Crippen molar-refractivity contribution >= 4 is 0 Å². The molecular weight excluding hydrogens is 1660 g/mol. The average Bonchev–Trinajstić information content (AvgIpc) is 1.58. The molecule has 0 amide bonds. The molecule has 23 rings (SSSR count). The average molecular weight is 1750 g/mol. The summed E-state index contributed by atoms with van der Waals surface area (Å²) in [5, 5.41) is 0. The monoisotopic (exact) mass is 1750 g/mol. The first-order chi connectivity index (χ1) is 66.5. The highest BCUT2D eigenvalue weighted by Gasteiger charge is 2.37. The zero-order valence-electron chi connectivity index (χ0n) is 77.1. The van der Waals surface area contributed by atoms with E-state index < -0.39 is 0 Å². The van der Waals surface area contributed by atoms with Crippen molar-refractivity contribution in [3.05, 3.63) is 489 Å². The number of aryl methyl sites for hydroxylation is 4. The molecule has 136 heavy (non-hydrogen) atoms. The summed E-state index contributed by atoms with van der Waals surface area (Å²) >= 11 is 0. The zero-order valence-corrected chi connectivity index (χ0v) is 77.1. The second kappa shape index (κ2) is 38.3. The lowest BCUT2D eigenvalue weighted by molar-refractivity contribution is 0.660. The van der Waals surface area contributed by atoms with E-state index in [4.69, 9.17) is 34.9 Å². The number of hydrogen-bond acceptors (Lipinski definition) is 11. The Bertz CT molecular complexity index is 7320. The summed E-state index contributed by atoms with van der Waals surface area (Å²) in [6, 6.07) is 151. The lowest BCUT2D eigenvalue weighted by atomic mass is 9.82. The van der Waals surface area contributed by atoms with Crippen molar-refractivity contribution in [2.75, 3.05) is 0 Å². The molecule has 0 spiro atoms. The standard InChI is InChI=1S/C40H29N3.C34H29N3.C28H21N3.C23H18N2/c1-28-41-39(37-24-33(29-14-6-2-7-15-29)22-34(25-37)30-16-8-3-9-17-30)43-40(42-28)38-26-35(31-18-10-4-11-19-31)23-36(27-38)32-20-12-5-13-21-32;1-20-35-31(21-14-16-25-23-10-6-8-12-27(23)33(2,3)29(25)18-21)37-32(36-20)22-15-17-26-24-11-7-9-13-28(24)34(4,5)30(26)19-22;1-20-29-27(25-16-12-23(13-17-25)21-8-4-2-5-9-21)31-28(30-20)26-18-14-24(15-19-26)22-10-6-3-7-11-22;1-17-24-15-23(16-25-17)22-13-20(18-8-4-2-5-9-18)12-21(14-22)19-10-6-3-7-11-19/h2-27H,1H3;6-19H,1-5H3;2-19H,1H3;2-16H,1H3. The summed E-state index contributed by atoms with van der Waals surface area (Å²) in [7, 11) is 0. The fourth-order valence-electron chi connectivity index (χ4n) is 18.4. The highest BCUT2D eigenvalue weighted by atomic mass is 15.0. The van der Waals surface area contributed by atoms with Gasteiger partial charge in [-0.25, -0.2) is 54.8 Å². The Labute approximate surface area is 795 Å². The van der Waals surface area contributed by atoms with E-state index in [1.165, 1.54) is 89.0 Å². The van der Waals surface area contributed by atoms with E-state index in [1.54, 1.807) is 0 Å². The maximum absolute atomic E-state index is 5.09. The first-order valence-electron chi connectivity index (χ1n) is 46.1. The van der Waals surface area contributed by atoms with Crippen LogP contribution in [0.2, 0.25) is 0 Å². The highest BCUT2D eigenvalue weighted by molar-refractivity contribution is 5.88. The molecule has 0 N–H and O–H groups in total. The maximum atomic E-state index is 5.09. The maximum Gasteiger partial charge on any atom is 0.163 e. The van der Waals surface area contributed by atoms with Crippen molar-refractivity contribution in [2.45, 2.75) is 66.2 Å². The van der Waals surface area contributed by atoms with Gasteiger partial charge in [0.25, 0.3) is 0 Å². The summed E-state index contributed by atoms with van der Waals surface area (Å²) in [5.74, 6) is 7.03. The molecule has 0 bridgehead atoms. The number of fused-ring (bicyclic) bond motifs is 6. The molecule has 0 aliphatic heterocycles. The summed E-state index contributed by atoms with van der Waals surface area (Å²) in [6.45, 7) is 16.9. The second-order valence-corrected chi connectivity index (χ2v) is 35.5. The van der Waals surface area contributed by atoms with E-state index >= 15 is 0 Å². The van der Waals surface area contributed by atoms with Gasteiger partial charge in [-0.05, 0) is 234 Å². The molecular formula is C125H97N11. The zero-order chi connectivity index (χ0) is 92.6. The van der Waals surface area contributed by atoms with Crippen LogP contribution in [0.5, 0.6) is 0 Å². The van der Waals surface area contributed by atoms with Crippen LogP contribution in [0, 0.1) is 27.7 Å². The lowest BCUT2D eigenvalue weighted by Gasteiger charge is -2.22. The minimum absolute atomic E-state index is 0.0621. The van der Waals surface area contributed by atoms with Crippen LogP contribution in [-0.4, -0.2) is 54.8 Å². The van der Waals surface area contributed by atoms with Crippen molar-refractivity contribution in [2.24, 2.45) is 0 Å². The SMILES string of the molecule is Cc1nc(-c2cc(-c3ccccc3)cc(-c3ccccc3)c2)nc(-c2cc(-c3ccccc3)cc(-c3ccccc3)c2)n1.Cc1nc(-c2ccc(-c3ccccc3)cc2)nc(-c2ccc(-c3ccccc3)cc2)n1.Cc1nc(-c2ccc3c(c2)C(C)(C)c2ccccc2-3)nc(-c2ccc3c(c2)C(C)(C)c2ccccc2-3)n1.Cc1ncc(-c2cc(-c3ccccc3)cc(-c3ccccc3)c2)cn1. The van der Waals surface area contributed by atoms with Crippen LogP contribution in [0.3, 0.4) is 0 Å². The van der Waals surface area contributed by atoms with Gasteiger partial charge >= 0.3 is 0 Å². The van der Waals surface area contributed by atoms with Crippen molar-refractivity contribution < 1.29 is 0 Å². The van der Waals surface area contributed by atoms with Gasteiger partial charge in [-0.3, -0.25) is 0 Å². The van der Waals surface area contributed by atoms with Crippen LogP contribution in [0.1, 0.15) is 73.2 Å². The van der Waals surface area contributed by atoms with E-state index in [-0.39, 0.29) is 10.8 Å². The number of rotatable bonds is 15. The van der Waals surface area contributed by atoms with Crippen molar-refractivity contribution in [3.8, 4) is 191 Å².